The van der Waals surface area contributed by atoms with Gasteiger partial charge in [-0.3, -0.25) is 9.69 Å². The summed E-state index contributed by atoms with van der Waals surface area (Å²) < 4.78 is 26.5. The van der Waals surface area contributed by atoms with Crippen molar-refractivity contribution in [3.63, 3.8) is 0 Å². The smallest absolute Gasteiger partial charge is 0.241 e. The molecule has 4 nitrogen and oxygen atoms in total. The van der Waals surface area contributed by atoms with Gasteiger partial charge in [-0.2, -0.15) is 0 Å². The molecule has 0 aliphatic carbocycles. The number of piperidine rings is 1. The van der Waals surface area contributed by atoms with Gasteiger partial charge < -0.3 is 11.1 Å². The Hall–Kier alpha value is -1.24. The molecule has 1 heterocycles. The van der Waals surface area contributed by atoms with Crippen molar-refractivity contribution in [1.82, 2.24) is 4.90 Å². The number of nitrogens with one attached hydrogen (secondary N) is 1. The highest BCUT2D eigenvalue weighted by Gasteiger charge is 2.36. The molecule has 130 valence electrons. The summed E-state index contributed by atoms with van der Waals surface area (Å²) in [5, 5.41) is 2.52. The van der Waals surface area contributed by atoms with Gasteiger partial charge in [0.1, 0.15) is 11.6 Å². The molecule has 0 spiro atoms. The summed E-state index contributed by atoms with van der Waals surface area (Å²) in [6, 6.07) is 2.80. The number of hydrogen-bond acceptors (Lipinski definition) is 3. The summed E-state index contributed by atoms with van der Waals surface area (Å²) >= 11 is 0. The zero-order valence-electron chi connectivity index (χ0n) is 13.6. The van der Waals surface area contributed by atoms with Crippen molar-refractivity contribution in [1.29, 1.82) is 0 Å². The third-order valence-electron chi connectivity index (χ3n) is 4.46. The van der Waals surface area contributed by atoms with Crippen LogP contribution in [0.3, 0.4) is 0 Å². The van der Waals surface area contributed by atoms with Crippen LogP contribution in [0.2, 0.25) is 0 Å². The molecule has 1 aromatic rings. The van der Waals surface area contributed by atoms with Gasteiger partial charge in [0.05, 0.1) is 11.7 Å². The molecule has 7 heteroatoms. The molecule has 0 aromatic heterocycles. The van der Waals surface area contributed by atoms with Crippen molar-refractivity contribution in [2.75, 3.05) is 18.4 Å². The van der Waals surface area contributed by atoms with Crippen LogP contribution in [0.15, 0.2) is 18.2 Å². The molecule has 0 saturated carbocycles. The number of hydrogen-bond donors (Lipinski definition) is 2. The normalized spacial score (nSPS) is 22.1. The fraction of sp³-hybridized carbons (Fsp3) is 0.562. The molecule has 1 fully saturated rings. The summed E-state index contributed by atoms with van der Waals surface area (Å²) in [5.41, 5.74) is 6.01. The van der Waals surface area contributed by atoms with Gasteiger partial charge in [-0.25, -0.2) is 8.78 Å². The average molecular weight is 348 g/mol. The zero-order valence-corrected chi connectivity index (χ0v) is 14.4. The highest BCUT2D eigenvalue weighted by molar-refractivity contribution is 5.94. The number of amides is 1. The molecular weight excluding hydrogens is 324 g/mol. The Balaban J connectivity index is 0.00000264. The lowest BCUT2D eigenvalue weighted by atomic mass is 9.79. The lowest BCUT2D eigenvalue weighted by Crippen LogP contribution is -2.56. The molecule has 1 aliphatic rings. The molecule has 1 aliphatic heterocycles. The maximum absolute atomic E-state index is 13.6. The fourth-order valence-electron chi connectivity index (χ4n) is 2.74. The second-order valence-electron chi connectivity index (χ2n) is 6.64. The molecule has 1 amide bonds. The maximum atomic E-state index is 13.6. The highest BCUT2D eigenvalue weighted by atomic mass is 35.5. The molecule has 2 atom stereocenters. The van der Waals surface area contributed by atoms with E-state index in [9.17, 15) is 13.6 Å². The number of carbonyl (C=O) groups excluding carboxylic acids is 1. The van der Waals surface area contributed by atoms with E-state index in [-0.39, 0.29) is 35.5 Å². The van der Waals surface area contributed by atoms with Gasteiger partial charge in [-0.05, 0) is 30.9 Å². The van der Waals surface area contributed by atoms with Gasteiger partial charge in [0.2, 0.25) is 5.91 Å². The lowest BCUT2D eigenvalue weighted by Gasteiger charge is -2.44. The number of nitrogens with two attached hydrogens (primary N) is 1. The summed E-state index contributed by atoms with van der Waals surface area (Å²) in [6.07, 6.45) is 0.815. The van der Waals surface area contributed by atoms with Crippen LogP contribution in [0.25, 0.3) is 0 Å². The molecule has 1 aromatic carbocycles. The number of likely N-dealkylation sites (tertiary alicyclic amines) is 1. The van der Waals surface area contributed by atoms with Crippen LogP contribution in [-0.4, -0.2) is 36.0 Å². The summed E-state index contributed by atoms with van der Waals surface area (Å²) in [5.74, 6) is -1.76. The Bertz CT molecular complexity index is 568. The minimum absolute atomic E-state index is 0. The molecule has 0 radical (unpaired) electrons. The van der Waals surface area contributed by atoms with Crippen molar-refractivity contribution in [2.24, 2.45) is 11.1 Å². The van der Waals surface area contributed by atoms with Crippen LogP contribution in [0.5, 0.6) is 0 Å². The predicted octanol–water partition coefficient (Wildman–Crippen LogP) is 2.77. The second-order valence-corrected chi connectivity index (χ2v) is 6.64. The van der Waals surface area contributed by atoms with Crippen molar-refractivity contribution in [3.05, 3.63) is 29.8 Å². The van der Waals surface area contributed by atoms with Crippen molar-refractivity contribution < 1.29 is 13.6 Å². The third-order valence-corrected chi connectivity index (χ3v) is 4.46. The van der Waals surface area contributed by atoms with Crippen LogP contribution in [0.1, 0.15) is 27.2 Å². The van der Waals surface area contributed by atoms with E-state index in [1.54, 1.807) is 6.92 Å². The van der Waals surface area contributed by atoms with Crippen LogP contribution in [0, 0.1) is 17.0 Å². The summed E-state index contributed by atoms with van der Waals surface area (Å²) in [7, 11) is 0. The molecule has 3 N–H and O–H groups in total. The molecule has 2 rings (SSSR count). The van der Waals surface area contributed by atoms with E-state index < -0.39 is 17.7 Å². The average Bonchev–Trinajstić information content (AvgIpc) is 2.44. The van der Waals surface area contributed by atoms with Crippen molar-refractivity contribution in [3.8, 4) is 0 Å². The van der Waals surface area contributed by atoms with E-state index in [1.165, 1.54) is 6.07 Å². The molecule has 1 saturated heterocycles. The Morgan fingerprint density at radius 3 is 2.65 bits per heavy atom. The minimum Gasteiger partial charge on any atom is -0.327 e. The number of halogens is 3. The van der Waals surface area contributed by atoms with Gasteiger partial charge in [0, 0.05) is 25.2 Å². The van der Waals surface area contributed by atoms with E-state index in [0.717, 1.165) is 25.1 Å². The van der Waals surface area contributed by atoms with Gasteiger partial charge in [0.15, 0.2) is 0 Å². The first-order chi connectivity index (χ1) is 10.2. The summed E-state index contributed by atoms with van der Waals surface area (Å²) in [4.78, 5) is 14.3. The molecular formula is C16H24ClF2N3O. The first-order valence-electron chi connectivity index (χ1n) is 7.46. The van der Waals surface area contributed by atoms with Crippen LogP contribution < -0.4 is 11.1 Å². The number of anilines is 1. The van der Waals surface area contributed by atoms with Gasteiger partial charge in [-0.15, -0.1) is 12.4 Å². The number of nitrogens with zero attached hydrogens (tertiary/aromatic N) is 1. The SMILES string of the molecule is CC(C(=O)Nc1ccc(F)cc1F)N1CCC(N)C(C)(C)C1.Cl. The van der Waals surface area contributed by atoms with Crippen LogP contribution in [-0.2, 0) is 4.79 Å². The fourth-order valence-corrected chi connectivity index (χ4v) is 2.74. The quantitative estimate of drug-likeness (QED) is 0.884. The van der Waals surface area contributed by atoms with Gasteiger partial charge >= 0.3 is 0 Å². The van der Waals surface area contributed by atoms with Gasteiger partial charge in [0.25, 0.3) is 0 Å². The van der Waals surface area contributed by atoms with Crippen LogP contribution in [0.4, 0.5) is 14.5 Å². The van der Waals surface area contributed by atoms with Gasteiger partial charge in [-0.1, -0.05) is 13.8 Å². The van der Waals surface area contributed by atoms with Crippen molar-refractivity contribution >= 4 is 24.0 Å². The van der Waals surface area contributed by atoms with E-state index >= 15 is 0 Å². The number of rotatable bonds is 3. The van der Waals surface area contributed by atoms with E-state index in [0.29, 0.717) is 6.54 Å². The molecule has 23 heavy (non-hydrogen) atoms. The number of carbonyl (C=O) groups is 1. The lowest BCUT2D eigenvalue weighted by molar-refractivity contribution is -0.122. The standard InChI is InChI=1S/C16H23F2N3O.ClH/c1-10(21-7-6-14(19)16(2,3)9-21)15(22)20-13-5-4-11(17)8-12(13)18;/h4-5,8,10,14H,6-7,9,19H2,1-3H3,(H,20,22);1H. The maximum Gasteiger partial charge on any atom is 0.241 e. The Kier molecular flexibility index (Phi) is 6.50. The third kappa shape index (κ3) is 4.62. The highest BCUT2D eigenvalue weighted by Crippen LogP contribution is 2.29. The van der Waals surface area contributed by atoms with E-state index in [4.69, 9.17) is 5.73 Å². The molecule has 2 unspecified atom stereocenters. The molecule has 0 bridgehead atoms. The number of benzene rings is 1. The topological polar surface area (TPSA) is 58.4 Å². The first-order valence-corrected chi connectivity index (χ1v) is 7.46. The van der Waals surface area contributed by atoms with E-state index in [2.05, 4.69) is 19.2 Å². The Morgan fingerprint density at radius 2 is 2.09 bits per heavy atom. The Labute approximate surface area is 141 Å². The zero-order chi connectivity index (χ0) is 16.5. The predicted molar refractivity (Wildman–Crippen MR) is 89.6 cm³/mol. The van der Waals surface area contributed by atoms with E-state index in [1.807, 2.05) is 4.90 Å². The van der Waals surface area contributed by atoms with Crippen molar-refractivity contribution in [2.45, 2.75) is 39.3 Å². The summed E-state index contributed by atoms with van der Waals surface area (Å²) in [6.45, 7) is 7.37. The largest absolute Gasteiger partial charge is 0.327 e. The first kappa shape index (κ1) is 19.8. The Morgan fingerprint density at radius 1 is 1.43 bits per heavy atom. The minimum atomic E-state index is -0.776. The second kappa shape index (κ2) is 7.55. The monoisotopic (exact) mass is 347 g/mol. The van der Waals surface area contributed by atoms with Crippen LogP contribution >= 0.6 is 12.4 Å².